The highest BCUT2D eigenvalue weighted by molar-refractivity contribution is 7.92. The van der Waals surface area contributed by atoms with Crippen LogP contribution in [0, 0.1) is 6.92 Å². The Morgan fingerprint density at radius 3 is 2.70 bits per heavy atom. The van der Waals surface area contributed by atoms with Crippen LogP contribution in [0.25, 0.3) is 0 Å². The van der Waals surface area contributed by atoms with Crippen molar-refractivity contribution in [3.05, 3.63) is 59.2 Å². The van der Waals surface area contributed by atoms with E-state index < -0.39 is 10.0 Å². The van der Waals surface area contributed by atoms with E-state index in [1.807, 2.05) is 31.2 Å². The van der Waals surface area contributed by atoms with Crippen LogP contribution in [0.5, 0.6) is 5.75 Å². The maximum atomic E-state index is 12.7. The molecule has 3 rings (SSSR count). The molecule has 1 heterocycles. The summed E-state index contributed by atoms with van der Waals surface area (Å²) in [5.74, 6) is 0.678. The number of sulfonamides is 1. The molecule has 1 amide bonds. The Balaban J connectivity index is 1.62. The molecular formula is C20H24N2O4S. The van der Waals surface area contributed by atoms with E-state index in [1.165, 1.54) is 10.6 Å². The molecule has 1 aliphatic rings. The normalized spacial score (nSPS) is 13.4. The van der Waals surface area contributed by atoms with Gasteiger partial charge in [-0.05, 0) is 54.8 Å². The fraction of sp³-hybridized carbons (Fsp3) is 0.350. The van der Waals surface area contributed by atoms with Gasteiger partial charge in [-0.3, -0.25) is 9.10 Å². The quantitative estimate of drug-likeness (QED) is 0.762. The average molecular weight is 388 g/mol. The lowest BCUT2D eigenvalue weighted by Crippen LogP contribution is -2.31. The van der Waals surface area contributed by atoms with Gasteiger partial charge in [0.25, 0.3) is 5.91 Å². The zero-order valence-electron chi connectivity index (χ0n) is 15.8. The lowest BCUT2D eigenvalue weighted by molar-refractivity contribution is 0.0773. The molecule has 7 heteroatoms. The first kappa shape index (κ1) is 19.2. The van der Waals surface area contributed by atoms with E-state index in [1.54, 1.807) is 30.1 Å². The molecule has 0 N–H and O–H groups in total. The van der Waals surface area contributed by atoms with Gasteiger partial charge >= 0.3 is 0 Å². The third kappa shape index (κ3) is 4.42. The largest absolute Gasteiger partial charge is 0.492 e. The Labute approximate surface area is 160 Å². The summed E-state index contributed by atoms with van der Waals surface area (Å²) < 4.78 is 30.7. The Bertz CT molecular complexity index is 956. The minimum absolute atomic E-state index is 0.108. The second kappa shape index (κ2) is 7.60. The highest BCUT2D eigenvalue weighted by Gasteiger charge is 2.27. The SMILES string of the molecule is Cc1cccc(OCCN(C)C(=O)c2ccc3c(c2)CCN3S(C)(=O)=O)c1. The van der Waals surface area contributed by atoms with Crippen LogP contribution in [0.1, 0.15) is 21.5 Å². The van der Waals surface area contributed by atoms with Gasteiger partial charge in [-0.1, -0.05) is 12.1 Å². The molecule has 27 heavy (non-hydrogen) atoms. The maximum absolute atomic E-state index is 12.7. The van der Waals surface area contributed by atoms with E-state index in [9.17, 15) is 13.2 Å². The van der Waals surface area contributed by atoms with Crippen LogP contribution in [0.3, 0.4) is 0 Å². The number of carbonyl (C=O) groups excluding carboxylic acids is 1. The van der Waals surface area contributed by atoms with Crippen LogP contribution in [0.4, 0.5) is 5.69 Å². The van der Waals surface area contributed by atoms with Crippen molar-refractivity contribution < 1.29 is 17.9 Å². The highest BCUT2D eigenvalue weighted by atomic mass is 32.2. The molecule has 0 spiro atoms. The number of ether oxygens (including phenoxy) is 1. The van der Waals surface area contributed by atoms with Gasteiger partial charge in [0.2, 0.25) is 10.0 Å². The number of benzene rings is 2. The van der Waals surface area contributed by atoms with Gasteiger partial charge in [-0.15, -0.1) is 0 Å². The third-order valence-electron chi connectivity index (χ3n) is 4.61. The Kier molecular flexibility index (Phi) is 5.41. The zero-order valence-corrected chi connectivity index (χ0v) is 16.6. The minimum Gasteiger partial charge on any atom is -0.492 e. The fourth-order valence-electron chi connectivity index (χ4n) is 3.18. The molecule has 6 nitrogen and oxygen atoms in total. The molecule has 0 fully saturated rings. The van der Waals surface area contributed by atoms with E-state index in [4.69, 9.17) is 4.74 Å². The van der Waals surface area contributed by atoms with Crippen LogP contribution in [-0.4, -0.2) is 52.2 Å². The molecule has 2 aromatic rings. The second-order valence-corrected chi connectivity index (χ2v) is 8.73. The highest BCUT2D eigenvalue weighted by Crippen LogP contribution is 2.30. The van der Waals surface area contributed by atoms with Crippen molar-refractivity contribution in [1.82, 2.24) is 4.90 Å². The topological polar surface area (TPSA) is 66.9 Å². The fourth-order valence-corrected chi connectivity index (χ4v) is 4.13. The summed E-state index contributed by atoms with van der Waals surface area (Å²) >= 11 is 0. The molecule has 144 valence electrons. The van der Waals surface area contributed by atoms with Crippen molar-refractivity contribution in [3.63, 3.8) is 0 Å². The zero-order chi connectivity index (χ0) is 19.6. The lowest BCUT2D eigenvalue weighted by Gasteiger charge is -2.19. The number of hydrogen-bond acceptors (Lipinski definition) is 4. The molecule has 2 aromatic carbocycles. The van der Waals surface area contributed by atoms with Crippen molar-refractivity contribution in [3.8, 4) is 5.75 Å². The first-order chi connectivity index (χ1) is 12.8. The van der Waals surface area contributed by atoms with Crippen LogP contribution in [0.15, 0.2) is 42.5 Å². The lowest BCUT2D eigenvalue weighted by atomic mass is 10.1. The van der Waals surface area contributed by atoms with E-state index in [0.29, 0.717) is 37.4 Å². The van der Waals surface area contributed by atoms with Gasteiger partial charge < -0.3 is 9.64 Å². The van der Waals surface area contributed by atoms with Gasteiger partial charge in [0.15, 0.2) is 0 Å². The molecule has 0 atom stereocenters. The number of likely N-dealkylation sites (N-methyl/N-ethyl adjacent to an activating group) is 1. The number of rotatable bonds is 6. The van der Waals surface area contributed by atoms with Gasteiger partial charge in [0.1, 0.15) is 12.4 Å². The van der Waals surface area contributed by atoms with Gasteiger partial charge in [-0.25, -0.2) is 8.42 Å². The first-order valence-corrected chi connectivity index (χ1v) is 10.7. The number of nitrogens with zero attached hydrogens (tertiary/aromatic N) is 2. The summed E-state index contributed by atoms with van der Waals surface area (Å²) in [4.78, 5) is 14.3. The predicted molar refractivity (Wildman–Crippen MR) is 106 cm³/mol. The molecule has 1 aliphatic heterocycles. The molecule has 0 bridgehead atoms. The Morgan fingerprint density at radius 1 is 1.22 bits per heavy atom. The number of carbonyl (C=O) groups is 1. The summed E-state index contributed by atoms with van der Waals surface area (Å²) in [5.41, 5.74) is 3.23. The number of amides is 1. The van der Waals surface area contributed by atoms with Gasteiger partial charge in [0, 0.05) is 19.2 Å². The second-order valence-electron chi connectivity index (χ2n) is 6.82. The van der Waals surface area contributed by atoms with Crippen LogP contribution >= 0.6 is 0 Å². The molecule has 0 aliphatic carbocycles. The Hall–Kier alpha value is -2.54. The average Bonchev–Trinajstić information content (AvgIpc) is 3.04. The smallest absolute Gasteiger partial charge is 0.253 e. The maximum Gasteiger partial charge on any atom is 0.253 e. The van der Waals surface area contributed by atoms with E-state index in [0.717, 1.165) is 16.9 Å². The third-order valence-corrected chi connectivity index (χ3v) is 5.79. The summed E-state index contributed by atoms with van der Waals surface area (Å²) in [7, 11) is -1.55. The van der Waals surface area contributed by atoms with Crippen molar-refractivity contribution in [2.45, 2.75) is 13.3 Å². The summed E-state index contributed by atoms with van der Waals surface area (Å²) in [5, 5.41) is 0. The number of fused-ring (bicyclic) bond motifs is 1. The van der Waals surface area contributed by atoms with Crippen LogP contribution in [-0.2, 0) is 16.4 Å². The molecular weight excluding hydrogens is 364 g/mol. The van der Waals surface area contributed by atoms with Gasteiger partial charge in [-0.2, -0.15) is 0 Å². The number of hydrogen-bond donors (Lipinski definition) is 0. The summed E-state index contributed by atoms with van der Waals surface area (Å²) in [6.45, 7) is 3.28. The predicted octanol–water partition coefficient (Wildman–Crippen LogP) is 2.47. The van der Waals surface area contributed by atoms with E-state index >= 15 is 0 Å². The number of anilines is 1. The Morgan fingerprint density at radius 2 is 2.00 bits per heavy atom. The minimum atomic E-state index is -3.29. The van der Waals surface area contributed by atoms with Crippen molar-refractivity contribution >= 4 is 21.6 Å². The standard InChI is InChI=1S/C20H24N2O4S/c1-15-5-4-6-18(13-15)26-12-11-21(2)20(23)17-7-8-19-16(14-17)9-10-22(19)27(3,24)25/h4-8,13-14H,9-12H2,1-3H3. The first-order valence-electron chi connectivity index (χ1n) is 8.81. The number of aryl methyl sites for hydroxylation is 1. The van der Waals surface area contributed by atoms with E-state index in [2.05, 4.69) is 0 Å². The summed E-state index contributed by atoms with van der Waals surface area (Å²) in [6.07, 6.45) is 1.81. The monoisotopic (exact) mass is 388 g/mol. The van der Waals surface area contributed by atoms with Crippen LogP contribution < -0.4 is 9.04 Å². The van der Waals surface area contributed by atoms with Crippen molar-refractivity contribution in [1.29, 1.82) is 0 Å². The molecule has 0 aromatic heterocycles. The van der Waals surface area contributed by atoms with Crippen LogP contribution in [0.2, 0.25) is 0 Å². The molecule has 0 saturated carbocycles. The molecule has 0 saturated heterocycles. The molecule has 0 radical (unpaired) electrons. The molecule has 0 unspecified atom stereocenters. The van der Waals surface area contributed by atoms with Crippen molar-refractivity contribution in [2.75, 3.05) is 37.3 Å². The van der Waals surface area contributed by atoms with E-state index in [-0.39, 0.29) is 5.91 Å². The summed E-state index contributed by atoms with van der Waals surface area (Å²) in [6, 6.07) is 13.0. The van der Waals surface area contributed by atoms with Gasteiger partial charge in [0.05, 0.1) is 18.5 Å². The van der Waals surface area contributed by atoms with Crippen molar-refractivity contribution in [2.24, 2.45) is 0 Å².